The van der Waals surface area contributed by atoms with Crippen LogP contribution in [0.2, 0.25) is 0 Å². The van der Waals surface area contributed by atoms with Gasteiger partial charge in [-0.1, -0.05) is 13.8 Å². The fourth-order valence-corrected chi connectivity index (χ4v) is 8.21. The van der Waals surface area contributed by atoms with Crippen LogP contribution in [0.3, 0.4) is 0 Å². The topological polar surface area (TPSA) is 53.6 Å². The molecule has 2 N–H and O–H groups in total. The highest BCUT2D eigenvalue weighted by Gasteiger charge is 2.67. The number of hydrogen-bond donors (Lipinski definition) is 2. The van der Waals surface area contributed by atoms with Gasteiger partial charge in [0.2, 0.25) is 0 Å². The lowest BCUT2D eigenvalue weighted by atomic mass is 9.43. The van der Waals surface area contributed by atoms with Crippen molar-refractivity contribution in [2.75, 3.05) is 0 Å². The Labute approximate surface area is 157 Å². The first-order chi connectivity index (χ1) is 12.4. The van der Waals surface area contributed by atoms with E-state index in [0.717, 1.165) is 44.9 Å². The number of rotatable bonds is 1. The minimum absolute atomic E-state index is 0.0323. The highest BCUT2D eigenvalue weighted by Crippen LogP contribution is 2.70. The Morgan fingerprint density at radius 3 is 2.62 bits per heavy atom. The Morgan fingerprint density at radius 1 is 1.00 bits per heavy atom. The maximum Gasteiger partial charge on any atom is 0.0937 e. The van der Waals surface area contributed by atoms with Crippen LogP contribution in [-0.2, 0) is 0 Å². The number of aliphatic hydroxyl groups excluding tert-OH is 1. The molecule has 4 saturated carbocycles. The van der Waals surface area contributed by atoms with Crippen LogP contribution in [0.1, 0.15) is 83.1 Å². The first kappa shape index (κ1) is 17.3. The molecule has 3 nitrogen and oxygen atoms in total. The van der Waals surface area contributed by atoms with E-state index in [1.54, 1.807) is 6.26 Å². The molecule has 0 radical (unpaired) electrons. The van der Waals surface area contributed by atoms with Crippen LogP contribution in [0.4, 0.5) is 0 Å². The third kappa shape index (κ3) is 2.08. The fraction of sp³-hybridized carbons (Fsp3) is 0.826. The molecule has 3 heteroatoms. The van der Waals surface area contributed by atoms with Gasteiger partial charge in [-0.3, -0.25) is 0 Å². The summed E-state index contributed by atoms with van der Waals surface area (Å²) in [5.41, 5.74) is 1.02. The molecule has 4 fully saturated rings. The summed E-state index contributed by atoms with van der Waals surface area (Å²) in [5, 5.41) is 22.3. The van der Waals surface area contributed by atoms with Crippen molar-refractivity contribution in [1.82, 2.24) is 0 Å². The van der Waals surface area contributed by atoms with E-state index >= 15 is 0 Å². The summed E-state index contributed by atoms with van der Waals surface area (Å²) in [6.45, 7) is 4.84. The molecule has 0 aromatic carbocycles. The fourth-order valence-electron chi connectivity index (χ4n) is 8.21. The molecule has 0 bridgehead atoms. The van der Waals surface area contributed by atoms with Gasteiger partial charge in [-0.2, -0.15) is 0 Å². The zero-order valence-corrected chi connectivity index (χ0v) is 16.3. The molecule has 8 atom stereocenters. The second-order valence-corrected chi connectivity index (χ2v) is 10.4. The third-order valence-corrected chi connectivity index (χ3v) is 9.77. The van der Waals surface area contributed by atoms with Gasteiger partial charge in [-0.15, -0.1) is 0 Å². The van der Waals surface area contributed by atoms with Crippen LogP contribution in [0.25, 0.3) is 0 Å². The van der Waals surface area contributed by atoms with Gasteiger partial charge >= 0.3 is 0 Å². The minimum atomic E-state index is -0.540. The quantitative estimate of drug-likeness (QED) is 0.752. The molecule has 0 unspecified atom stereocenters. The number of fused-ring (bicyclic) bond motifs is 5. The van der Waals surface area contributed by atoms with Crippen molar-refractivity contribution in [2.45, 2.75) is 89.3 Å². The first-order valence-electron chi connectivity index (χ1n) is 10.8. The highest BCUT2D eigenvalue weighted by molar-refractivity contribution is 5.26. The predicted molar refractivity (Wildman–Crippen MR) is 101 cm³/mol. The maximum absolute atomic E-state index is 12.1. The van der Waals surface area contributed by atoms with E-state index < -0.39 is 5.60 Å². The molecule has 5 rings (SSSR count). The molecule has 0 amide bonds. The van der Waals surface area contributed by atoms with Gasteiger partial charge in [0.1, 0.15) is 0 Å². The van der Waals surface area contributed by atoms with Crippen LogP contribution in [0.5, 0.6) is 0 Å². The van der Waals surface area contributed by atoms with E-state index in [0.29, 0.717) is 29.1 Å². The van der Waals surface area contributed by atoms with Gasteiger partial charge in [0, 0.05) is 5.41 Å². The molecule has 4 aliphatic rings. The monoisotopic (exact) mass is 358 g/mol. The second-order valence-electron chi connectivity index (χ2n) is 10.4. The van der Waals surface area contributed by atoms with Crippen molar-refractivity contribution in [3.05, 3.63) is 24.2 Å². The molecule has 0 aliphatic heterocycles. The molecule has 4 aliphatic carbocycles. The molecule has 144 valence electrons. The van der Waals surface area contributed by atoms with E-state index in [2.05, 4.69) is 19.9 Å². The Bertz CT molecular complexity index is 669. The van der Waals surface area contributed by atoms with Gasteiger partial charge in [-0.05, 0) is 98.5 Å². The zero-order valence-electron chi connectivity index (χ0n) is 16.3. The van der Waals surface area contributed by atoms with E-state index in [9.17, 15) is 10.2 Å². The minimum Gasteiger partial charge on any atom is -0.472 e. The van der Waals surface area contributed by atoms with Crippen molar-refractivity contribution in [1.29, 1.82) is 0 Å². The molecule has 26 heavy (non-hydrogen) atoms. The molecular weight excluding hydrogens is 324 g/mol. The van der Waals surface area contributed by atoms with Crippen LogP contribution in [0, 0.1) is 28.6 Å². The van der Waals surface area contributed by atoms with Crippen LogP contribution >= 0.6 is 0 Å². The van der Waals surface area contributed by atoms with Crippen molar-refractivity contribution in [2.24, 2.45) is 28.6 Å². The summed E-state index contributed by atoms with van der Waals surface area (Å²) >= 11 is 0. The van der Waals surface area contributed by atoms with Crippen molar-refractivity contribution < 1.29 is 14.6 Å². The summed E-state index contributed by atoms with van der Waals surface area (Å²) in [6, 6.07) is 2.11. The molecule has 1 aromatic rings. The van der Waals surface area contributed by atoms with Crippen molar-refractivity contribution >= 4 is 0 Å². The van der Waals surface area contributed by atoms with E-state index in [1.807, 2.05) is 6.26 Å². The van der Waals surface area contributed by atoms with Gasteiger partial charge in [-0.25, -0.2) is 0 Å². The number of hydrogen-bond acceptors (Lipinski definition) is 3. The van der Waals surface area contributed by atoms with Gasteiger partial charge in [0.15, 0.2) is 0 Å². The molecule has 1 heterocycles. The van der Waals surface area contributed by atoms with E-state index in [-0.39, 0.29) is 11.5 Å². The smallest absolute Gasteiger partial charge is 0.0937 e. The molecular formula is C23H34O3. The second kappa shape index (κ2) is 5.61. The van der Waals surface area contributed by atoms with Gasteiger partial charge < -0.3 is 14.6 Å². The SMILES string of the molecule is C[C@]12CC[C@H](O)C[C@@H]1CC[C@@H]1[C@@H]2CC[C@]2(C)[C@@H](c3ccoc3)CC[C@]12O. The molecule has 1 aromatic heterocycles. The van der Waals surface area contributed by atoms with Crippen molar-refractivity contribution in [3.8, 4) is 0 Å². The van der Waals surface area contributed by atoms with Crippen LogP contribution in [-0.4, -0.2) is 21.9 Å². The number of aliphatic hydroxyl groups is 2. The predicted octanol–water partition coefficient (Wildman–Crippen LogP) is 4.88. The Morgan fingerprint density at radius 2 is 1.85 bits per heavy atom. The normalized spacial score (nSPS) is 53.6. The standard InChI is InChI=1S/C23H34O3/c1-21-9-5-17(24)13-16(21)3-4-20-19(21)6-10-22(2)18(7-11-23(20,22)25)15-8-12-26-14-15/h8,12,14,16-20,24-25H,3-7,9-11,13H2,1-2H3/t16-,17-,18+,19-,20+,21-,22+,23-/m0/s1. The average molecular weight is 359 g/mol. The Hall–Kier alpha value is -0.800. The zero-order chi connectivity index (χ0) is 18.2. The van der Waals surface area contributed by atoms with E-state index in [1.165, 1.54) is 18.4 Å². The lowest BCUT2D eigenvalue weighted by Gasteiger charge is -2.63. The molecule has 0 saturated heterocycles. The summed E-state index contributed by atoms with van der Waals surface area (Å²) in [5.74, 6) is 2.11. The first-order valence-corrected chi connectivity index (χ1v) is 10.8. The van der Waals surface area contributed by atoms with E-state index in [4.69, 9.17) is 4.42 Å². The summed E-state index contributed by atoms with van der Waals surface area (Å²) in [7, 11) is 0. The summed E-state index contributed by atoms with van der Waals surface area (Å²) < 4.78 is 5.38. The lowest BCUT2D eigenvalue weighted by Crippen LogP contribution is -2.62. The summed E-state index contributed by atoms with van der Waals surface area (Å²) in [6.07, 6.45) is 13.3. The van der Waals surface area contributed by atoms with Crippen molar-refractivity contribution in [3.63, 3.8) is 0 Å². The maximum atomic E-state index is 12.1. The lowest BCUT2D eigenvalue weighted by molar-refractivity contribution is -0.205. The molecule has 0 spiro atoms. The van der Waals surface area contributed by atoms with Crippen LogP contribution in [0.15, 0.2) is 23.0 Å². The average Bonchev–Trinajstić information content (AvgIpc) is 3.21. The number of furan rings is 1. The van der Waals surface area contributed by atoms with Crippen LogP contribution < -0.4 is 0 Å². The highest BCUT2D eigenvalue weighted by atomic mass is 16.3. The Kier molecular flexibility index (Phi) is 3.73. The summed E-state index contributed by atoms with van der Waals surface area (Å²) in [4.78, 5) is 0. The Balaban J connectivity index is 1.49. The van der Waals surface area contributed by atoms with Gasteiger partial charge in [0.25, 0.3) is 0 Å². The third-order valence-electron chi connectivity index (χ3n) is 9.77. The van der Waals surface area contributed by atoms with Gasteiger partial charge in [0.05, 0.1) is 24.2 Å². The largest absolute Gasteiger partial charge is 0.472 e.